The molecule has 0 radical (unpaired) electrons. The van der Waals surface area contributed by atoms with Crippen molar-refractivity contribution in [1.82, 2.24) is 10.6 Å². The highest BCUT2D eigenvalue weighted by molar-refractivity contribution is 9.09. The fraction of sp³-hybridized carbons (Fsp3) is 0.688. The van der Waals surface area contributed by atoms with Crippen LogP contribution in [0.3, 0.4) is 0 Å². The largest absolute Gasteiger partial charge is 0.463 e. The summed E-state index contributed by atoms with van der Waals surface area (Å²) in [5.74, 6) is -0.690. The van der Waals surface area contributed by atoms with Crippen LogP contribution in [-0.2, 0) is 19.1 Å². The molecule has 1 rings (SSSR count). The van der Waals surface area contributed by atoms with E-state index in [-0.39, 0.29) is 23.8 Å². The molecule has 0 aromatic heterocycles. The number of carbonyl (C=O) groups excluding carboxylic acids is 3. The molecule has 2 N–H and O–H groups in total. The molecule has 0 aliphatic heterocycles. The van der Waals surface area contributed by atoms with Crippen LogP contribution < -0.4 is 10.6 Å². The Morgan fingerprint density at radius 3 is 2.42 bits per heavy atom. The number of amides is 2. The van der Waals surface area contributed by atoms with Gasteiger partial charge in [0.05, 0.1) is 23.5 Å². The molecule has 136 valence electrons. The number of esters is 1. The number of ether oxygens (including phenoxy) is 2. The van der Waals surface area contributed by atoms with Crippen molar-refractivity contribution in [1.29, 1.82) is 0 Å². The van der Waals surface area contributed by atoms with Gasteiger partial charge in [0, 0.05) is 18.9 Å². The van der Waals surface area contributed by atoms with Gasteiger partial charge in [-0.25, -0.2) is 9.59 Å². The van der Waals surface area contributed by atoms with Gasteiger partial charge in [0.1, 0.15) is 5.60 Å². The van der Waals surface area contributed by atoms with Crippen molar-refractivity contribution in [3.8, 4) is 0 Å². The lowest BCUT2D eigenvalue weighted by Crippen LogP contribution is -2.54. The Morgan fingerprint density at radius 1 is 1.29 bits per heavy atom. The van der Waals surface area contributed by atoms with E-state index in [0.717, 1.165) is 0 Å². The van der Waals surface area contributed by atoms with E-state index in [1.165, 1.54) is 6.92 Å². The molecule has 0 aromatic rings. The maximum atomic E-state index is 12.0. The molecule has 0 unspecified atom stereocenters. The summed E-state index contributed by atoms with van der Waals surface area (Å²) in [6.07, 6.45) is 1.36. The van der Waals surface area contributed by atoms with Crippen LogP contribution in [0.15, 0.2) is 11.6 Å². The van der Waals surface area contributed by atoms with Crippen LogP contribution in [0.25, 0.3) is 0 Å². The van der Waals surface area contributed by atoms with Gasteiger partial charge in [-0.05, 0) is 27.7 Å². The molecule has 0 aromatic carbocycles. The monoisotopic (exact) mass is 404 g/mol. The number of carbonyl (C=O) groups is 3. The van der Waals surface area contributed by atoms with Crippen LogP contribution >= 0.6 is 15.9 Å². The molecule has 3 atom stereocenters. The fourth-order valence-electron chi connectivity index (χ4n) is 2.30. The van der Waals surface area contributed by atoms with Crippen molar-refractivity contribution >= 4 is 33.9 Å². The Balaban J connectivity index is 2.92. The summed E-state index contributed by atoms with van der Waals surface area (Å²) in [6, 6.07) is -0.878. The Labute approximate surface area is 150 Å². The summed E-state index contributed by atoms with van der Waals surface area (Å²) in [5, 5.41) is 5.50. The summed E-state index contributed by atoms with van der Waals surface area (Å²) in [4.78, 5) is 35.2. The summed E-state index contributed by atoms with van der Waals surface area (Å²) >= 11 is 3.49. The Bertz CT molecular complexity index is 527. The first-order valence-electron chi connectivity index (χ1n) is 7.82. The molecular formula is C16H25BrN2O5. The van der Waals surface area contributed by atoms with E-state index in [9.17, 15) is 14.4 Å². The predicted octanol–water partition coefficient (Wildman–Crippen LogP) is 2.04. The molecule has 0 saturated carbocycles. The second-order valence-corrected chi connectivity index (χ2v) is 7.60. The maximum Gasteiger partial charge on any atom is 0.407 e. The molecule has 1 aliphatic rings. The van der Waals surface area contributed by atoms with Crippen molar-refractivity contribution in [2.24, 2.45) is 0 Å². The second-order valence-electron chi connectivity index (χ2n) is 6.54. The number of hydrogen-bond donors (Lipinski definition) is 2. The second kappa shape index (κ2) is 8.50. The van der Waals surface area contributed by atoms with E-state index in [2.05, 4.69) is 26.6 Å². The normalized spacial score (nSPS) is 23.8. The van der Waals surface area contributed by atoms with Gasteiger partial charge in [0.15, 0.2) is 0 Å². The van der Waals surface area contributed by atoms with Crippen molar-refractivity contribution in [3.63, 3.8) is 0 Å². The van der Waals surface area contributed by atoms with Crippen molar-refractivity contribution in [3.05, 3.63) is 11.6 Å². The molecular weight excluding hydrogens is 380 g/mol. The van der Waals surface area contributed by atoms with Crippen molar-refractivity contribution < 1.29 is 23.9 Å². The number of halogens is 1. The number of rotatable bonds is 4. The SMILES string of the molecule is CCOC(=O)C1=C[C@H](NC(C)=O)[C@@H](Br)[C@@H](NC(=O)OC(C)(C)C)C1. The molecule has 24 heavy (non-hydrogen) atoms. The lowest BCUT2D eigenvalue weighted by molar-refractivity contribution is -0.139. The van der Waals surface area contributed by atoms with Gasteiger partial charge in [-0.2, -0.15) is 0 Å². The minimum Gasteiger partial charge on any atom is -0.463 e. The average molecular weight is 405 g/mol. The van der Waals surface area contributed by atoms with Gasteiger partial charge in [-0.3, -0.25) is 4.79 Å². The molecule has 0 bridgehead atoms. The van der Waals surface area contributed by atoms with Gasteiger partial charge < -0.3 is 20.1 Å². The number of hydrogen-bond acceptors (Lipinski definition) is 5. The van der Waals surface area contributed by atoms with Crippen LogP contribution in [0, 0.1) is 0 Å². The van der Waals surface area contributed by atoms with E-state index in [4.69, 9.17) is 9.47 Å². The quantitative estimate of drug-likeness (QED) is 0.552. The summed E-state index contributed by atoms with van der Waals surface area (Å²) in [6.45, 7) is 8.66. The highest BCUT2D eigenvalue weighted by Crippen LogP contribution is 2.26. The average Bonchev–Trinajstić information content (AvgIpc) is 2.40. The van der Waals surface area contributed by atoms with Crippen molar-refractivity contribution in [2.75, 3.05) is 6.61 Å². The summed E-state index contributed by atoms with van der Waals surface area (Å²) in [7, 11) is 0. The first kappa shape index (κ1) is 20.5. The minimum absolute atomic E-state index is 0.234. The zero-order valence-electron chi connectivity index (χ0n) is 14.6. The smallest absolute Gasteiger partial charge is 0.407 e. The first-order chi connectivity index (χ1) is 11.0. The van der Waals surface area contributed by atoms with Gasteiger partial charge in [0.25, 0.3) is 0 Å². The molecule has 0 fully saturated rings. The molecule has 8 heteroatoms. The predicted molar refractivity (Wildman–Crippen MR) is 92.8 cm³/mol. The number of alkyl carbamates (subject to hydrolysis) is 1. The van der Waals surface area contributed by atoms with Crippen LogP contribution in [0.2, 0.25) is 0 Å². The molecule has 0 heterocycles. The Morgan fingerprint density at radius 2 is 1.92 bits per heavy atom. The lowest BCUT2D eigenvalue weighted by Gasteiger charge is -2.34. The highest BCUT2D eigenvalue weighted by atomic mass is 79.9. The van der Waals surface area contributed by atoms with Crippen LogP contribution in [0.5, 0.6) is 0 Å². The zero-order chi connectivity index (χ0) is 18.5. The number of nitrogens with one attached hydrogen (secondary N) is 2. The molecule has 0 spiro atoms. The highest BCUT2D eigenvalue weighted by Gasteiger charge is 2.36. The molecule has 2 amide bonds. The van der Waals surface area contributed by atoms with Gasteiger partial charge in [0.2, 0.25) is 5.91 Å². The number of alkyl halides is 1. The molecule has 7 nitrogen and oxygen atoms in total. The summed E-state index contributed by atoms with van der Waals surface area (Å²) < 4.78 is 10.3. The topological polar surface area (TPSA) is 93.7 Å². The standard InChI is InChI=1S/C16H25BrN2O5/c1-6-23-14(21)10-7-11(18-9(2)20)13(17)12(8-10)19-15(22)24-16(3,4)5/h7,11-13H,6,8H2,1-5H3,(H,18,20)(H,19,22)/t11-,12-,13+/m0/s1. The third-order valence-electron chi connectivity index (χ3n) is 3.16. The first-order valence-corrected chi connectivity index (χ1v) is 8.73. The molecule has 1 aliphatic carbocycles. The van der Waals surface area contributed by atoms with Crippen LogP contribution in [0.1, 0.15) is 41.0 Å². The Kier molecular flexibility index (Phi) is 7.26. The maximum absolute atomic E-state index is 12.0. The van der Waals surface area contributed by atoms with Crippen molar-refractivity contribution in [2.45, 2.75) is 63.6 Å². The van der Waals surface area contributed by atoms with E-state index in [1.54, 1.807) is 33.8 Å². The van der Waals surface area contributed by atoms with E-state index < -0.39 is 29.7 Å². The van der Waals surface area contributed by atoms with Gasteiger partial charge >= 0.3 is 12.1 Å². The zero-order valence-corrected chi connectivity index (χ0v) is 16.2. The van der Waals surface area contributed by atoms with Crippen LogP contribution in [0.4, 0.5) is 4.79 Å². The minimum atomic E-state index is -0.628. The lowest BCUT2D eigenvalue weighted by atomic mass is 9.91. The van der Waals surface area contributed by atoms with Gasteiger partial charge in [-0.1, -0.05) is 22.0 Å². The van der Waals surface area contributed by atoms with Gasteiger partial charge in [-0.15, -0.1) is 0 Å². The fourth-order valence-corrected chi connectivity index (χ4v) is 2.90. The van der Waals surface area contributed by atoms with E-state index >= 15 is 0 Å². The van der Waals surface area contributed by atoms with Crippen LogP contribution in [-0.4, -0.2) is 47.1 Å². The molecule has 0 saturated heterocycles. The van der Waals surface area contributed by atoms with E-state index in [1.807, 2.05) is 0 Å². The Hall–Kier alpha value is -1.57. The third kappa shape index (κ3) is 6.51. The third-order valence-corrected chi connectivity index (χ3v) is 4.37. The van der Waals surface area contributed by atoms with E-state index in [0.29, 0.717) is 5.57 Å². The summed E-state index contributed by atoms with van der Waals surface area (Å²) in [5.41, 5.74) is -0.218.